The molecule has 0 bridgehead atoms. The SMILES string of the molecule is CCOc1cc([C@H](Nc2ccc3c(N)nccc3c2)C(=O)N2CCC[C@H]2c2cccc(NC(C)=O)c2)ccc1OC(C)C. The highest BCUT2D eigenvalue weighted by molar-refractivity contribution is 5.94. The van der Waals surface area contributed by atoms with E-state index in [2.05, 4.69) is 15.6 Å². The molecule has 9 heteroatoms. The monoisotopic (exact) mass is 581 g/mol. The molecule has 5 rings (SSSR count). The Kier molecular flexibility index (Phi) is 8.99. The molecule has 3 aromatic carbocycles. The third-order valence-corrected chi connectivity index (χ3v) is 7.44. The Morgan fingerprint density at radius 3 is 2.65 bits per heavy atom. The largest absolute Gasteiger partial charge is 0.490 e. The first-order chi connectivity index (χ1) is 20.7. The number of ether oxygens (including phenoxy) is 2. The second kappa shape index (κ2) is 13.0. The lowest BCUT2D eigenvalue weighted by molar-refractivity contribution is -0.133. The molecule has 4 aromatic rings. The summed E-state index contributed by atoms with van der Waals surface area (Å²) in [6.45, 7) is 8.43. The minimum absolute atomic E-state index is 0.0289. The van der Waals surface area contributed by atoms with Gasteiger partial charge >= 0.3 is 0 Å². The summed E-state index contributed by atoms with van der Waals surface area (Å²) in [6.07, 6.45) is 3.35. The molecule has 0 aliphatic carbocycles. The smallest absolute Gasteiger partial charge is 0.250 e. The highest BCUT2D eigenvalue weighted by Gasteiger charge is 2.35. The number of anilines is 3. The molecule has 1 aliphatic rings. The van der Waals surface area contributed by atoms with Gasteiger partial charge in [-0.05, 0) is 98.7 Å². The Morgan fingerprint density at radius 1 is 1.05 bits per heavy atom. The molecule has 2 atom stereocenters. The van der Waals surface area contributed by atoms with Crippen LogP contribution in [-0.2, 0) is 9.59 Å². The van der Waals surface area contributed by atoms with Gasteiger partial charge in [-0.25, -0.2) is 4.98 Å². The highest BCUT2D eigenvalue weighted by atomic mass is 16.5. The van der Waals surface area contributed by atoms with Gasteiger partial charge in [-0.2, -0.15) is 0 Å². The average Bonchev–Trinajstić information content (AvgIpc) is 3.47. The predicted molar refractivity (Wildman–Crippen MR) is 170 cm³/mol. The number of aromatic nitrogens is 1. The standard InChI is InChI=1S/C34H39N5O4/c1-5-42-31-20-25(11-14-30(31)43-21(2)3)32(38-27-12-13-28-23(18-27)15-16-36-33(28)35)34(41)39-17-7-10-29(39)24-8-6-9-26(19-24)37-22(4)40/h6,8-9,11-16,18-21,29,32,38H,5,7,10,17H2,1-4H3,(H2,35,36)(H,37,40)/t29-,32-/m0/s1. The van der Waals surface area contributed by atoms with Crippen LogP contribution >= 0.6 is 0 Å². The summed E-state index contributed by atoms with van der Waals surface area (Å²) in [7, 11) is 0. The highest BCUT2D eigenvalue weighted by Crippen LogP contribution is 2.38. The van der Waals surface area contributed by atoms with Crippen LogP contribution in [0.15, 0.2) is 72.9 Å². The number of nitrogens with one attached hydrogen (secondary N) is 2. The van der Waals surface area contributed by atoms with Gasteiger partial charge in [-0.3, -0.25) is 9.59 Å². The van der Waals surface area contributed by atoms with Gasteiger partial charge in [0.1, 0.15) is 11.9 Å². The number of likely N-dealkylation sites (tertiary alicyclic amines) is 1. The lowest BCUT2D eigenvalue weighted by atomic mass is 10.0. The van der Waals surface area contributed by atoms with Crippen LogP contribution in [0.5, 0.6) is 11.5 Å². The number of hydrogen-bond acceptors (Lipinski definition) is 7. The van der Waals surface area contributed by atoms with E-state index in [-0.39, 0.29) is 24.0 Å². The maximum atomic E-state index is 14.5. The second-order valence-electron chi connectivity index (χ2n) is 11.0. The maximum absolute atomic E-state index is 14.5. The summed E-state index contributed by atoms with van der Waals surface area (Å²) in [6, 6.07) is 20.3. The summed E-state index contributed by atoms with van der Waals surface area (Å²) in [5.41, 5.74) is 9.33. The maximum Gasteiger partial charge on any atom is 0.250 e. The lowest BCUT2D eigenvalue weighted by Crippen LogP contribution is -2.37. The number of benzene rings is 3. The topological polar surface area (TPSA) is 119 Å². The normalized spacial score (nSPS) is 15.4. The van der Waals surface area contributed by atoms with Crippen molar-refractivity contribution in [3.05, 3.63) is 84.1 Å². The van der Waals surface area contributed by atoms with Crippen molar-refractivity contribution in [2.45, 2.75) is 58.7 Å². The first kappa shape index (κ1) is 29.7. The number of nitrogens with two attached hydrogens (primary N) is 1. The summed E-state index contributed by atoms with van der Waals surface area (Å²) < 4.78 is 12.0. The molecular formula is C34H39N5O4. The number of rotatable bonds is 10. The number of carbonyl (C=O) groups excluding carboxylic acids is 2. The van der Waals surface area contributed by atoms with Gasteiger partial charge in [0.15, 0.2) is 11.5 Å². The quantitative estimate of drug-likeness (QED) is 0.196. The van der Waals surface area contributed by atoms with Gasteiger partial charge in [-0.1, -0.05) is 18.2 Å². The molecule has 0 spiro atoms. The van der Waals surface area contributed by atoms with Crippen LogP contribution in [0, 0.1) is 0 Å². The molecular weight excluding hydrogens is 542 g/mol. The van der Waals surface area contributed by atoms with Crippen LogP contribution in [0.2, 0.25) is 0 Å². The second-order valence-corrected chi connectivity index (χ2v) is 11.0. The molecule has 1 fully saturated rings. The van der Waals surface area contributed by atoms with E-state index in [1.165, 1.54) is 6.92 Å². The molecule has 1 aromatic heterocycles. The van der Waals surface area contributed by atoms with E-state index in [1.54, 1.807) is 6.20 Å². The Bertz CT molecular complexity index is 1620. The summed E-state index contributed by atoms with van der Waals surface area (Å²) in [5.74, 6) is 1.49. The number of nitrogens with zero attached hydrogens (tertiary/aromatic N) is 2. The minimum atomic E-state index is -0.705. The fourth-order valence-electron chi connectivity index (χ4n) is 5.64. The first-order valence-electron chi connectivity index (χ1n) is 14.8. The van der Waals surface area contributed by atoms with Crippen molar-refractivity contribution in [3.63, 3.8) is 0 Å². The summed E-state index contributed by atoms with van der Waals surface area (Å²) in [4.78, 5) is 32.3. The number of amides is 2. The molecule has 2 heterocycles. The van der Waals surface area contributed by atoms with Gasteiger partial charge in [0, 0.05) is 36.4 Å². The van der Waals surface area contributed by atoms with Crippen molar-refractivity contribution in [2.75, 3.05) is 29.5 Å². The van der Waals surface area contributed by atoms with E-state index in [9.17, 15) is 9.59 Å². The van der Waals surface area contributed by atoms with Gasteiger partial charge in [0.25, 0.3) is 0 Å². The molecule has 224 valence electrons. The van der Waals surface area contributed by atoms with E-state index in [0.29, 0.717) is 36.2 Å². The van der Waals surface area contributed by atoms with Crippen LogP contribution in [-0.4, -0.2) is 41.0 Å². The van der Waals surface area contributed by atoms with Gasteiger partial charge < -0.3 is 30.7 Å². The van der Waals surface area contributed by atoms with Crippen LogP contribution in [0.1, 0.15) is 63.7 Å². The number of carbonyl (C=O) groups is 2. The van der Waals surface area contributed by atoms with Crippen molar-refractivity contribution in [2.24, 2.45) is 0 Å². The third kappa shape index (κ3) is 6.83. The van der Waals surface area contributed by atoms with E-state index >= 15 is 0 Å². The predicted octanol–water partition coefficient (Wildman–Crippen LogP) is 6.48. The number of hydrogen-bond donors (Lipinski definition) is 3. The van der Waals surface area contributed by atoms with Crippen molar-refractivity contribution in [1.29, 1.82) is 0 Å². The zero-order valence-corrected chi connectivity index (χ0v) is 25.1. The van der Waals surface area contributed by atoms with Crippen LogP contribution in [0.25, 0.3) is 10.8 Å². The van der Waals surface area contributed by atoms with Gasteiger partial charge in [0.2, 0.25) is 11.8 Å². The number of pyridine rings is 1. The van der Waals surface area contributed by atoms with Crippen molar-refractivity contribution in [1.82, 2.24) is 9.88 Å². The Morgan fingerprint density at radius 2 is 1.88 bits per heavy atom. The Labute approximate surface area is 252 Å². The van der Waals surface area contributed by atoms with E-state index in [1.807, 2.05) is 92.4 Å². The van der Waals surface area contributed by atoms with E-state index in [0.717, 1.165) is 40.4 Å². The molecule has 0 radical (unpaired) electrons. The van der Waals surface area contributed by atoms with Gasteiger partial charge in [-0.15, -0.1) is 0 Å². The zero-order valence-electron chi connectivity index (χ0n) is 25.1. The number of nitrogen functional groups attached to an aromatic ring is 1. The van der Waals surface area contributed by atoms with Gasteiger partial charge in [0.05, 0.1) is 18.8 Å². The molecule has 0 unspecified atom stereocenters. The minimum Gasteiger partial charge on any atom is -0.490 e. The Balaban J connectivity index is 1.53. The number of fused-ring (bicyclic) bond motifs is 1. The van der Waals surface area contributed by atoms with Crippen molar-refractivity contribution in [3.8, 4) is 11.5 Å². The average molecular weight is 582 g/mol. The van der Waals surface area contributed by atoms with Crippen molar-refractivity contribution >= 4 is 39.8 Å². The molecule has 0 saturated carbocycles. The lowest BCUT2D eigenvalue weighted by Gasteiger charge is -2.31. The molecule has 1 saturated heterocycles. The van der Waals surface area contributed by atoms with Crippen LogP contribution in [0.4, 0.5) is 17.2 Å². The molecule has 2 amide bonds. The third-order valence-electron chi connectivity index (χ3n) is 7.44. The molecule has 43 heavy (non-hydrogen) atoms. The zero-order chi connectivity index (χ0) is 30.5. The molecule has 9 nitrogen and oxygen atoms in total. The van der Waals surface area contributed by atoms with Crippen LogP contribution < -0.4 is 25.8 Å². The fourth-order valence-corrected chi connectivity index (χ4v) is 5.64. The summed E-state index contributed by atoms with van der Waals surface area (Å²) in [5, 5.41) is 8.15. The Hall–Kier alpha value is -4.79. The first-order valence-corrected chi connectivity index (χ1v) is 14.8. The van der Waals surface area contributed by atoms with Crippen molar-refractivity contribution < 1.29 is 19.1 Å². The summed E-state index contributed by atoms with van der Waals surface area (Å²) >= 11 is 0. The van der Waals surface area contributed by atoms with E-state index in [4.69, 9.17) is 15.2 Å². The van der Waals surface area contributed by atoms with E-state index < -0.39 is 6.04 Å². The van der Waals surface area contributed by atoms with Crippen LogP contribution in [0.3, 0.4) is 0 Å². The fraction of sp³-hybridized carbons (Fsp3) is 0.324. The molecule has 4 N–H and O–H groups in total. The molecule has 1 aliphatic heterocycles.